The van der Waals surface area contributed by atoms with Crippen molar-refractivity contribution in [2.75, 3.05) is 31.1 Å². The Labute approximate surface area is 177 Å². The van der Waals surface area contributed by atoms with Crippen LogP contribution >= 0.6 is 0 Å². The molecule has 3 aromatic carbocycles. The monoisotopic (exact) mass is 401 g/mol. The van der Waals surface area contributed by atoms with E-state index in [2.05, 4.69) is 57.6 Å². The third kappa shape index (κ3) is 4.81. The molecule has 1 amide bonds. The number of anilines is 1. The highest BCUT2D eigenvalue weighted by molar-refractivity contribution is 5.96. The van der Waals surface area contributed by atoms with Gasteiger partial charge in [0.25, 0.3) is 5.91 Å². The quantitative estimate of drug-likeness (QED) is 0.662. The van der Waals surface area contributed by atoms with E-state index in [0.717, 1.165) is 38.3 Å². The van der Waals surface area contributed by atoms with Gasteiger partial charge in [-0.05, 0) is 35.4 Å². The van der Waals surface area contributed by atoms with Crippen molar-refractivity contribution in [3.8, 4) is 5.75 Å². The van der Waals surface area contributed by atoms with Gasteiger partial charge in [-0.2, -0.15) is 0 Å². The fourth-order valence-electron chi connectivity index (χ4n) is 3.86. The maximum absolute atomic E-state index is 12.4. The Kier molecular flexibility index (Phi) is 6.30. The van der Waals surface area contributed by atoms with Crippen LogP contribution in [0.5, 0.6) is 5.75 Å². The van der Waals surface area contributed by atoms with E-state index in [1.54, 1.807) is 18.2 Å². The number of nitrogens with one attached hydrogen (secondary N) is 1. The van der Waals surface area contributed by atoms with Gasteiger partial charge in [-0.25, -0.2) is 0 Å². The van der Waals surface area contributed by atoms with Crippen molar-refractivity contribution >= 4 is 11.6 Å². The standard InChI is InChI=1S/C25H27N3O2/c29-24-13-7-6-12-23(24)25(30)26-18-20-8-4-5-9-21(20)19-27-14-16-28(17-15-27)22-10-2-1-3-11-22/h1-13,29H,14-19H2,(H,26,30). The smallest absolute Gasteiger partial charge is 0.255 e. The summed E-state index contributed by atoms with van der Waals surface area (Å²) < 4.78 is 0. The number of phenolic OH excluding ortho intramolecular Hbond substituents is 1. The highest BCUT2D eigenvalue weighted by Crippen LogP contribution is 2.19. The van der Waals surface area contributed by atoms with Crippen LogP contribution in [0.1, 0.15) is 21.5 Å². The summed E-state index contributed by atoms with van der Waals surface area (Å²) in [5.74, 6) is -0.265. The number of carbonyl (C=O) groups is 1. The minimum atomic E-state index is -0.264. The van der Waals surface area contributed by atoms with Crippen LogP contribution in [0.4, 0.5) is 5.69 Å². The number of benzene rings is 3. The van der Waals surface area contributed by atoms with Gasteiger partial charge < -0.3 is 15.3 Å². The molecular weight excluding hydrogens is 374 g/mol. The predicted molar refractivity (Wildman–Crippen MR) is 120 cm³/mol. The molecule has 5 heteroatoms. The SMILES string of the molecule is O=C(NCc1ccccc1CN1CCN(c2ccccc2)CC1)c1ccccc1O. The van der Waals surface area contributed by atoms with Gasteiger partial charge in [0.15, 0.2) is 0 Å². The van der Waals surface area contributed by atoms with Crippen molar-refractivity contribution in [3.63, 3.8) is 0 Å². The molecule has 0 saturated carbocycles. The summed E-state index contributed by atoms with van der Waals surface area (Å²) in [4.78, 5) is 17.3. The number of aromatic hydroxyl groups is 1. The summed E-state index contributed by atoms with van der Waals surface area (Å²) in [6.45, 7) is 5.34. The minimum Gasteiger partial charge on any atom is -0.507 e. The Hall–Kier alpha value is -3.31. The van der Waals surface area contributed by atoms with Crippen LogP contribution in [-0.2, 0) is 13.1 Å². The van der Waals surface area contributed by atoms with Crippen LogP contribution < -0.4 is 10.2 Å². The van der Waals surface area contributed by atoms with Gasteiger partial charge in [-0.3, -0.25) is 9.69 Å². The van der Waals surface area contributed by atoms with Crippen molar-refractivity contribution in [2.24, 2.45) is 0 Å². The second-order valence-electron chi connectivity index (χ2n) is 7.57. The average Bonchev–Trinajstić information content (AvgIpc) is 2.80. The van der Waals surface area contributed by atoms with Crippen molar-refractivity contribution in [3.05, 3.63) is 95.6 Å². The predicted octanol–water partition coefficient (Wildman–Crippen LogP) is 3.64. The molecule has 2 N–H and O–H groups in total. The number of amides is 1. The molecule has 1 aliphatic rings. The third-order valence-electron chi connectivity index (χ3n) is 5.59. The molecule has 0 aromatic heterocycles. The van der Waals surface area contributed by atoms with E-state index in [0.29, 0.717) is 12.1 Å². The number of phenols is 1. The van der Waals surface area contributed by atoms with Crippen molar-refractivity contribution in [1.82, 2.24) is 10.2 Å². The summed E-state index contributed by atoms with van der Waals surface area (Å²) in [5.41, 5.74) is 3.91. The lowest BCUT2D eigenvalue weighted by Crippen LogP contribution is -2.46. The highest BCUT2D eigenvalue weighted by atomic mass is 16.3. The van der Waals surface area contributed by atoms with Gasteiger partial charge in [-0.1, -0.05) is 54.6 Å². The van der Waals surface area contributed by atoms with Gasteiger partial charge in [0.2, 0.25) is 0 Å². The second kappa shape index (κ2) is 9.46. The lowest BCUT2D eigenvalue weighted by Gasteiger charge is -2.36. The first-order chi connectivity index (χ1) is 14.7. The highest BCUT2D eigenvalue weighted by Gasteiger charge is 2.18. The molecule has 0 bridgehead atoms. The summed E-state index contributed by atoms with van der Waals surface area (Å²) >= 11 is 0. The van der Waals surface area contributed by atoms with Crippen molar-refractivity contribution in [1.29, 1.82) is 0 Å². The first kappa shape index (κ1) is 20.0. The number of hydrogen-bond donors (Lipinski definition) is 2. The molecule has 1 fully saturated rings. The van der Waals surface area contributed by atoms with Crippen molar-refractivity contribution in [2.45, 2.75) is 13.1 Å². The van der Waals surface area contributed by atoms with E-state index in [4.69, 9.17) is 0 Å². The molecule has 154 valence electrons. The number of para-hydroxylation sites is 2. The molecule has 1 aliphatic heterocycles. The summed E-state index contributed by atoms with van der Waals surface area (Å²) in [5, 5.41) is 12.8. The average molecular weight is 402 g/mol. The lowest BCUT2D eigenvalue weighted by atomic mass is 10.1. The van der Waals surface area contributed by atoms with Crippen LogP contribution in [0.2, 0.25) is 0 Å². The molecule has 0 aliphatic carbocycles. The Morgan fingerprint density at radius 2 is 1.43 bits per heavy atom. The van der Waals surface area contributed by atoms with Crippen LogP contribution in [0.3, 0.4) is 0 Å². The number of piperazine rings is 1. The van der Waals surface area contributed by atoms with Gasteiger partial charge in [0.05, 0.1) is 5.56 Å². The maximum atomic E-state index is 12.4. The third-order valence-corrected chi connectivity index (χ3v) is 5.59. The summed E-state index contributed by atoms with van der Waals surface area (Å²) in [6, 6.07) is 25.4. The fourth-order valence-corrected chi connectivity index (χ4v) is 3.86. The fraction of sp³-hybridized carbons (Fsp3) is 0.240. The minimum absolute atomic E-state index is 0.000396. The first-order valence-corrected chi connectivity index (χ1v) is 10.4. The number of hydrogen-bond acceptors (Lipinski definition) is 4. The molecule has 30 heavy (non-hydrogen) atoms. The van der Waals surface area contributed by atoms with E-state index in [9.17, 15) is 9.90 Å². The second-order valence-corrected chi connectivity index (χ2v) is 7.57. The normalized spacial score (nSPS) is 14.5. The Balaban J connectivity index is 1.35. The molecule has 1 saturated heterocycles. The molecule has 5 nitrogen and oxygen atoms in total. The van der Waals surface area contributed by atoms with Gasteiger partial charge in [-0.15, -0.1) is 0 Å². The molecule has 0 radical (unpaired) electrons. The Bertz CT molecular complexity index is 982. The van der Waals surface area contributed by atoms with Gasteiger partial charge in [0.1, 0.15) is 5.75 Å². The zero-order chi connectivity index (χ0) is 20.8. The van der Waals surface area contributed by atoms with Crippen LogP contribution in [0, 0.1) is 0 Å². The van der Waals surface area contributed by atoms with Gasteiger partial charge in [0, 0.05) is 45.0 Å². The zero-order valence-electron chi connectivity index (χ0n) is 17.0. The maximum Gasteiger partial charge on any atom is 0.255 e. The Morgan fingerprint density at radius 3 is 2.17 bits per heavy atom. The number of nitrogens with zero attached hydrogens (tertiary/aromatic N) is 2. The number of carbonyl (C=O) groups excluding carboxylic acids is 1. The summed E-state index contributed by atoms with van der Waals surface area (Å²) in [7, 11) is 0. The molecule has 4 rings (SSSR count). The molecule has 0 atom stereocenters. The van der Waals surface area contributed by atoms with Crippen molar-refractivity contribution < 1.29 is 9.90 Å². The van der Waals surface area contributed by atoms with E-state index >= 15 is 0 Å². The molecular formula is C25H27N3O2. The lowest BCUT2D eigenvalue weighted by molar-refractivity contribution is 0.0948. The van der Waals surface area contributed by atoms with Crippen LogP contribution in [0.25, 0.3) is 0 Å². The zero-order valence-corrected chi connectivity index (χ0v) is 17.0. The molecule has 3 aromatic rings. The first-order valence-electron chi connectivity index (χ1n) is 10.4. The molecule has 0 unspecified atom stereocenters. The number of rotatable bonds is 6. The largest absolute Gasteiger partial charge is 0.507 e. The molecule has 1 heterocycles. The summed E-state index contributed by atoms with van der Waals surface area (Å²) in [6.07, 6.45) is 0. The van der Waals surface area contributed by atoms with E-state index in [-0.39, 0.29) is 11.7 Å². The van der Waals surface area contributed by atoms with E-state index < -0.39 is 0 Å². The van der Waals surface area contributed by atoms with E-state index in [1.807, 2.05) is 12.1 Å². The topological polar surface area (TPSA) is 55.8 Å². The van der Waals surface area contributed by atoms with Crippen LogP contribution in [-0.4, -0.2) is 42.1 Å². The Morgan fingerprint density at radius 1 is 0.800 bits per heavy atom. The molecule has 0 spiro atoms. The van der Waals surface area contributed by atoms with E-state index in [1.165, 1.54) is 17.3 Å². The van der Waals surface area contributed by atoms with Crippen LogP contribution in [0.15, 0.2) is 78.9 Å². The van der Waals surface area contributed by atoms with Gasteiger partial charge >= 0.3 is 0 Å².